The predicted molar refractivity (Wildman–Crippen MR) is 53.4 cm³/mol. The molecule has 0 bridgehead atoms. The number of hydrogen-bond donors (Lipinski definition) is 2. The molecule has 2 aromatic rings. The second-order valence-electron chi connectivity index (χ2n) is 2.95. The number of anilines is 1. The van der Waals surface area contributed by atoms with Crippen LogP contribution in [0.5, 0.6) is 0 Å². The van der Waals surface area contributed by atoms with Gasteiger partial charge in [0.2, 0.25) is 5.95 Å². The highest BCUT2D eigenvalue weighted by Crippen LogP contribution is 2.12. The Morgan fingerprint density at radius 2 is 2.29 bits per heavy atom. The third kappa shape index (κ3) is 1.56. The molecule has 5 nitrogen and oxygen atoms in total. The molecule has 0 aliphatic rings. The Hall–Kier alpha value is -1.91. The van der Waals surface area contributed by atoms with Crippen molar-refractivity contribution in [2.24, 2.45) is 0 Å². The van der Waals surface area contributed by atoms with E-state index in [0.717, 1.165) is 12.1 Å². The Kier molecular flexibility index (Phi) is 2.14. The van der Waals surface area contributed by atoms with Gasteiger partial charge in [-0.3, -0.25) is 10.1 Å². The Morgan fingerprint density at radius 3 is 2.79 bits per heavy atom. The molecule has 0 aromatic carbocycles. The maximum atomic E-state index is 5.39. The number of aromatic nitrogens is 4. The van der Waals surface area contributed by atoms with Crippen LogP contribution in [0.25, 0.3) is 11.5 Å². The van der Waals surface area contributed by atoms with E-state index in [4.69, 9.17) is 5.73 Å². The van der Waals surface area contributed by atoms with Gasteiger partial charge in [-0.15, -0.1) is 5.10 Å². The number of nitrogen functional groups attached to an aromatic ring is 1. The van der Waals surface area contributed by atoms with Crippen LogP contribution in [0, 0.1) is 0 Å². The number of rotatable bonds is 2. The molecule has 2 rings (SSSR count). The molecule has 14 heavy (non-hydrogen) atoms. The van der Waals surface area contributed by atoms with Crippen molar-refractivity contribution >= 4 is 5.95 Å². The van der Waals surface area contributed by atoms with Crippen LogP contribution in [0.4, 0.5) is 5.95 Å². The van der Waals surface area contributed by atoms with E-state index in [1.807, 2.05) is 18.3 Å². The zero-order valence-electron chi connectivity index (χ0n) is 7.86. The van der Waals surface area contributed by atoms with Crippen LogP contribution in [0.2, 0.25) is 0 Å². The third-order valence-corrected chi connectivity index (χ3v) is 1.98. The van der Waals surface area contributed by atoms with Crippen LogP contribution in [0.3, 0.4) is 0 Å². The summed E-state index contributed by atoms with van der Waals surface area (Å²) in [6.07, 6.45) is 2.81. The van der Waals surface area contributed by atoms with Crippen LogP contribution < -0.4 is 5.73 Å². The molecule has 0 aliphatic carbocycles. The molecule has 0 atom stereocenters. The maximum Gasteiger partial charge on any atom is 0.239 e. The predicted octanol–water partition coefficient (Wildman–Crippen LogP) is 1.01. The Labute approximate surface area is 81.4 Å². The van der Waals surface area contributed by atoms with Gasteiger partial charge < -0.3 is 5.73 Å². The molecule has 72 valence electrons. The lowest BCUT2D eigenvalue weighted by molar-refractivity contribution is 1.07. The van der Waals surface area contributed by atoms with Gasteiger partial charge in [-0.1, -0.05) is 13.0 Å². The van der Waals surface area contributed by atoms with Crippen molar-refractivity contribution in [1.82, 2.24) is 20.2 Å². The molecule has 0 saturated heterocycles. The highest BCUT2D eigenvalue weighted by atomic mass is 15.3. The summed E-state index contributed by atoms with van der Waals surface area (Å²) in [5, 5.41) is 6.45. The van der Waals surface area contributed by atoms with Crippen molar-refractivity contribution in [1.29, 1.82) is 0 Å². The van der Waals surface area contributed by atoms with Crippen LogP contribution in [-0.2, 0) is 6.42 Å². The number of aromatic amines is 1. The summed E-state index contributed by atoms with van der Waals surface area (Å²) in [6.45, 7) is 2.09. The van der Waals surface area contributed by atoms with Crippen molar-refractivity contribution in [3.05, 3.63) is 23.9 Å². The van der Waals surface area contributed by atoms with E-state index < -0.39 is 0 Å². The largest absolute Gasteiger partial charge is 0.366 e. The molecule has 0 amide bonds. The summed E-state index contributed by atoms with van der Waals surface area (Å²) in [5.74, 6) is 0.839. The lowest BCUT2D eigenvalue weighted by atomic mass is 10.2. The lowest BCUT2D eigenvalue weighted by Crippen LogP contribution is -1.89. The molecule has 0 aliphatic heterocycles. The number of pyridine rings is 1. The van der Waals surface area contributed by atoms with Gasteiger partial charge in [0.05, 0.1) is 0 Å². The van der Waals surface area contributed by atoms with Crippen molar-refractivity contribution in [2.45, 2.75) is 13.3 Å². The van der Waals surface area contributed by atoms with Gasteiger partial charge in [-0.25, -0.2) is 0 Å². The second kappa shape index (κ2) is 3.45. The maximum absolute atomic E-state index is 5.39. The molecule has 0 fully saturated rings. The molecule has 0 spiro atoms. The first kappa shape index (κ1) is 8.68. The average molecular weight is 189 g/mol. The number of nitrogens with zero attached hydrogens (tertiary/aromatic N) is 3. The average Bonchev–Trinajstić information content (AvgIpc) is 2.65. The summed E-state index contributed by atoms with van der Waals surface area (Å²) in [6, 6.07) is 3.92. The standard InChI is InChI=1S/C9H11N5/c1-2-6-3-4-7(11-5-6)8-12-9(10)14-13-8/h3-5H,2H2,1H3,(H3,10,12,13,14). The minimum atomic E-state index is 0.237. The van der Waals surface area contributed by atoms with Gasteiger partial charge >= 0.3 is 0 Å². The fraction of sp³-hybridized carbons (Fsp3) is 0.222. The first-order valence-corrected chi connectivity index (χ1v) is 4.42. The van der Waals surface area contributed by atoms with Gasteiger partial charge in [-0.05, 0) is 18.1 Å². The smallest absolute Gasteiger partial charge is 0.239 e. The van der Waals surface area contributed by atoms with Gasteiger partial charge in [-0.2, -0.15) is 4.98 Å². The minimum Gasteiger partial charge on any atom is -0.366 e. The van der Waals surface area contributed by atoms with Crippen LogP contribution >= 0.6 is 0 Å². The molecular formula is C9H11N5. The Morgan fingerprint density at radius 1 is 1.43 bits per heavy atom. The van der Waals surface area contributed by atoms with Gasteiger partial charge in [0, 0.05) is 6.20 Å². The molecule has 0 radical (unpaired) electrons. The zero-order valence-corrected chi connectivity index (χ0v) is 7.86. The number of aryl methyl sites for hydroxylation is 1. The molecule has 3 N–H and O–H groups in total. The molecule has 2 heterocycles. The van der Waals surface area contributed by atoms with E-state index in [9.17, 15) is 0 Å². The quantitative estimate of drug-likeness (QED) is 0.738. The Bertz CT molecular complexity index is 417. The Balaban J connectivity index is 2.33. The first-order chi connectivity index (χ1) is 6.79. The van der Waals surface area contributed by atoms with Crippen molar-refractivity contribution in [3.8, 4) is 11.5 Å². The van der Waals surface area contributed by atoms with E-state index in [1.54, 1.807) is 0 Å². The van der Waals surface area contributed by atoms with E-state index in [-0.39, 0.29) is 5.95 Å². The van der Waals surface area contributed by atoms with Crippen LogP contribution in [0.15, 0.2) is 18.3 Å². The van der Waals surface area contributed by atoms with Gasteiger partial charge in [0.25, 0.3) is 0 Å². The van der Waals surface area contributed by atoms with E-state index in [1.165, 1.54) is 5.56 Å². The first-order valence-electron chi connectivity index (χ1n) is 4.42. The normalized spacial score (nSPS) is 10.4. The van der Waals surface area contributed by atoms with E-state index in [2.05, 4.69) is 27.1 Å². The van der Waals surface area contributed by atoms with E-state index in [0.29, 0.717) is 5.82 Å². The number of nitrogens with two attached hydrogens (primary N) is 1. The number of H-pyrrole nitrogens is 1. The summed E-state index contributed by atoms with van der Waals surface area (Å²) >= 11 is 0. The van der Waals surface area contributed by atoms with E-state index >= 15 is 0 Å². The summed E-state index contributed by atoms with van der Waals surface area (Å²) in [7, 11) is 0. The minimum absolute atomic E-state index is 0.237. The second-order valence-corrected chi connectivity index (χ2v) is 2.95. The number of nitrogens with one attached hydrogen (secondary N) is 1. The van der Waals surface area contributed by atoms with Crippen molar-refractivity contribution in [2.75, 3.05) is 5.73 Å². The molecular weight excluding hydrogens is 178 g/mol. The van der Waals surface area contributed by atoms with Crippen LogP contribution in [0.1, 0.15) is 12.5 Å². The topological polar surface area (TPSA) is 80.5 Å². The molecule has 5 heteroatoms. The molecule has 0 saturated carbocycles. The zero-order chi connectivity index (χ0) is 9.97. The summed E-state index contributed by atoms with van der Waals surface area (Å²) in [5.41, 5.74) is 7.34. The fourth-order valence-corrected chi connectivity index (χ4v) is 1.16. The third-order valence-electron chi connectivity index (χ3n) is 1.98. The number of hydrogen-bond acceptors (Lipinski definition) is 4. The van der Waals surface area contributed by atoms with Gasteiger partial charge in [0.15, 0.2) is 5.82 Å². The van der Waals surface area contributed by atoms with Crippen LogP contribution in [-0.4, -0.2) is 20.2 Å². The molecule has 0 unspecified atom stereocenters. The highest BCUT2D eigenvalue weighted by molar-refractivity contribution is 5.50. The van der Waals surface area contributed by atoms with Crippen molar-refractivity contribution < 1.29 is 0 Å². The highest BCUT2D eigenvalue weighted by Gasteiger charge is 2.03. The monoisotopic (exact) mass is 189 g/mol. The fourth-order valence-electron chi connectivity index (χ4n) is 1.16. The molecule has 2 aromatic heterocycles. The summed E-state index contributed by atoms with van der Waals surface area (Å²) in [4.78, 5) is 8.23. The van der Waals surface area contributed by atoms with Crippen molar-refractivity contribution in [3.63, 3.8) is 0 Å². The summed E-state index contributed by atoms with van der Waals surface area (Å²) < 4.78 is 0. The van der Waals surface area contributed by atoms with Gasteiger partial charge in [0.1, 0.15) is 5.69 Å². The lowest BCUT2D eigenvalue weighted by Gasteiger charge is -1.97. The SMILES string of the molecule is CCc1ccc(-c2nc(N)n[nH]2)nc1.